The average molecular weight is 383 g/mol. The molecule has 0 radical (unpaired) electrons. The molecule has 0 saturated carbocycles. The van der Waals surface area contributed by atoms with Crippen molar-refractivity contribution < 1.29 is 0 Å². The SMILES string of the molecule is CCCC[B-](C(C)c1ccccc1)(C(C)c1ccccc1)C(C)c1ccccc1. The maximum absolute atomic E-state index is 2.49. The van der Waals surface area contributed by atoms with Gasteiger partial charge in [0.25, 0.3) is 0 Å². The van der Waals surface area contributed by atoms with Crippen LogP contribution < -0.4 is 0 Å². The summed E-state index contributed by atoms with van der Waals surface area (Å²) in [6, 6.07) is 33.6. The van der Waals surface area contributed by atoms with Gasteiger partial charge in [0.2, 0.25) is 0 Å². The standard InChI is InChI=1S/C28H36B/c1-5-6-22-29(23(2)26-16-10-7-11-17-26,24(3)27-18-12-8-13-19-27)25(4)28-20-14-9-15-21-28/h7-21,23-25H,5-6,22H2,1-4H3/q-1. The zero-order valence-corrected chi connectivity index (χ0v) is 18.6. The summed E-state index contributed by atoms with van der Waals surface area (Å²) in [6.45, 7) is 9.80. The van der Waals surface area contributed by atoms with Crippen molar-refractivity contribution in [1.29, 1.82) is 0 Å². The number of rotatable bonds is 9. The van der Waals surface area contributed by atoms with Gasteiger partial charge in [0, 0.05) is 6.15 Å². The second kappa shape index (κ2) is 9.97. The maximum atomic E-state index is 2.49. The van der Waals surface area contributed by atoms with Gasteiger partial charge < -0.3 is 0 Å². The third-order valence-corrected chi connectivity index (χ3v) is 7.83. The molecule has 3 aromatic carbocycles. The summed E-state index contributed by atoms with van der Waals surface area (Å²) in [7, 11) is 0. The fraction of sp³-hybridized carbons (Fsp3) is 0.357. The van der Waals surface area contributed by atoms with Crippen molar-refractivity contribution >= 4 is 6.15 Å². The van der Waals surface area contributed by atoms with Gasteiger partial charge in [0.1, 0.15) is 0 Å². The van der Waals surface area contributed by atoms with Crippen molar-refractivity contribution in [3.05, 3.63) is 108 Å². The van der Waals surface area contributed by atoms with Crippen LogP contribution >= 0.6 is 0 Å². The van der Waals surface area contributed by atoms with E-state index in [1.54, 1.807) is 0 Å². The van der Waals surface area contributed by atoms with E-state index >= 15 is 0 Å². The van der Waals surface area contributed by atoms with Crippen molar-refractivity contribution in [3.8, 4) is 0 Å². The molecule has 3 unspecified atom stereocenters. The fourth-order valence-corrected chi connectivity index (χ4v) is 5.95. The van der Waals surface area contributed by atoms with E-state index in [2.05, 4.69) is 119 Å². The Bertz CT molecular complexity index is 730. The van der Waals surface area contributed by atoms with E-state index in [1.165, 1.54) is 35.9 Å². The van der Waals surface area contributed by atoms with Gasteiger partial charge in [0.15, 0.2) is 0 Å². The third-order valence-electron chi connectivity index (χ3n) is 7.83. The highest BCUT2D eigenvalue weighted by Crippen LogP contribution is 2.49. The van der Waals surface area contributed by atoms with Crippen molar-refractivity contribution in [2.24, 2.45) is 0 Å². The van der Waals surface area contributed by atoms with Gasteiger partial charge in [-0.15, -0.1) is 17.5 Å². The van der Waals surface area contributed by atoms with E-state index in [0.29, 0.717) is 17.5 Å². The molecule has 0 N–H and O–H groups in total. The first-order valence-electron chi connectivity index (χ1n) is 11.4. The van der Waals surface area contributed by atoms with Crippen LogP contribution in [-0.4, -0.2) is 6.15 Å². The quantitative estimate of drug-likeness (QED) is 0.326. The van der Waals surface area contributed by atoms with Crippen molar-refractivity contribution in [3.63, 3.8) is 0 Å². The number of benzene rings is 3. The summed E-state index contributed by atoms with van der Waals surface area (Å²) in [5.41, 5.74) is 4.44. The van der Waals surface area contributed by atoms with Gasteiger partial charge in [0.05, 0.1) is 0 Å². The first kappa shape index (κ1) is 21.4. The number of hydrogen-bond acceptors (Lipinski definition) is 0. The molecule has 0 aliphatic rings. The van der Waals surface area contributed by atoms with Crippen molar-refractivity contribution in [1.82, 2.24) is 0 Å². The molecule has 0 aliphatic heterocycles. The Labute approximate surface area is 178 Å². The lowest BCUT2D eigenvalue weighted by Gasteiger charge is -2.55. The minimum absolute atomic E-state index is 0.521. The molecule has 0 nitrogen and oxygen atoms in total. The van der Waals surface area contributed by atoms with Gasteiger partial charge >= 0.3 is 0 Å². The first-order valence-corrected chi connectivity index (χ1v) is 11.4. The fourth-order valence-electron chi connectivity index (χ4n) is 5.95. The zero-order valence-electron chi connectivity index (χ0n) is 18.6. The lowest BCUT2D eigenvalue weighted by molar-refractivity contribution is 0.757. The van der Waals surface area contributed by atoms with E-state index in [-0.39, 0.29) is 0 Å². The molecule has 3 atom stereocenters. The van der Waals surface area contributed by atoms with E-state index in [1.807, 2.05) is 0 Å². The van der Waals surface area contributed by atoms with Crippen molar-refractivity contribution in [2.75, 3.05) is 0 Å². The lowest BCUT2D eigenvalue weighted by atomic mass is 9.06. The molecule has 0 aliphatic carbocycles. The Morgan fingerprint density at radius 2 is 0.862 bits per heavy atom. The molecule has 0 bridgehead atoms. The van der Waals surface area contributed by atoms with Gasteiger partial charge in [-0.05, 0) is 0 Å². The zero-order chi connectivity index (χ0) is 20.7. The molecule has 0 saturated heterocycles. The molecule has 0 fully saturated rings. The predicted molar refractivity (Wildman–Crippen MR) is 130 cm³/mol. The van der Waals surface area contributed by atoms with Gasteiger partial charge in [-0.3, -0.25) is 0 Å². The molecule has 0 amide bonds. The highest BCUT2D eigenvalue weighted by atomic mass is 14.2. The summed E-state index contributed by atoms with van der Waals surface area (Å²) in [4.78, 5) is 0. The normalized spacial score (nSPS) is 16.6. The van der Waals surface area contributed by atoms with E-state index in [4.69, 9.17) is 0 Å². The monoisotopic (exact) mass is 383 g/mol. The number of unbranched alkanes of at least 4 members (excludes halogenated alkanes) is 1. The minimum Gasteiger partial charge on any atom is -0.177 e. The highest BCUT2D eigenvalue weighted by Gasteiger charge is 2.40. The second-order valence-corrected chi connectivity index (χ2v) is 9.02. The van der Waals surface area contributed by atoms with Crippen LogP contribution in [0.5, 0.6) is 0 Å². The Kier molecular flexibility index (Phi) is 7.37. The minimum atomic E-state index is -0.756. The number of hydrogen-bond donors (Lipinski definition) is 0. The van der Waals surface area contributed by atoms with Crippen LogP contribution in [0.2, 0.25) is 6.32 Å². The molecule has 1 heteroatoms. The Morgan fingerprint density at radius 3 is 1.14 bits per heavy atom. The predicted octanol–water partition coefficient (Wildman–Crippen LogP) is 8.26. The summed E-state index contributed by atoms with van der Waals surface area (Å²) >= 11 is 0. The van der Waals surface area contributed by atoms with E-state index < -0.39 is 6.15 Å². The molecule has 3 aromatic rings. The highest BCUT2D eigenvalue weighted by molar-refractivity contribution is 6.83. The molecular formula is C28H36B-. The molecule has 152 valence electrons. The van der Waals surface area contributed by atoms with Crippen molar-refractivity contribution in [2.45, 2.75) is 64.3 Å². The lowest BCUT2D eigenvalue weighted by Crippen LogP contribution is -2.51. The Morgan fingerprint density at radius 1 is 0.552 bits per heavy atom. The molecule has 0 spiro atoms. The second-order valence-electron chi connectivity index (χ2n) is 9.02. The van der Waals surface area contributed by atoms with E-state index in [9.17, 15) is 0 Å². The largest absolute Gasteiger partial charge is 0.177 e. The van der Waals surface area contributed by atoms with Crippen LogP contribution in [0.25, 0.3) is 0 Å². The van der Waals surface area contributed by atoms with Crippen LogP contribution in [-0.2, 0) is 0 Å². The summed E-state index contributed by atoms with van der Waals surface area (Å²) in [5, 5.41) is 0. The molecule has 0 aromatic heterocycles. The summed E-state index contributed by atoms with van der Waals surface area (Å²) in [6.07, 6.45) is 3.06. The smallest absolute Gasteiger partial charge is 0.0228 e. The molecule has 29 heavy (non-hydrogen) atoms. The molecule has 0 heterocycles. The van der Waals surface area contributed by atoms with Crippen LogP contribution in [0.3, 0.4) is 0 Å². The van der Waals surface area contributed by atoms with Gasteiger partial charge in [-0.1, -0.05) is 148 Å². The van der Waals surface area contributed by atoms with Gasteiger partial charge in [-0.2, -0.15) is 6.32 Å². The van der Waals surface area contributed by atoms with E-state index in [0.717, 1.165) is 0 Å². The molecular weight excluding hydrogens is 347 g/mol. The van der Waals surface area contributed by atoms with Gasteiger partial charge in [-0.25, -0.2) is 0 Å². The van der Waals surface area contributed by atoms with Crippen LogP contribution in [0.15, 0.2) is 91.0 Å². The van der Waals surface area contributed by atoms with Crippen LogP contribution in [0.4, 0.5) is 0 Å². The van der Waals surface area contributed by atoms with Crippen LogP contribution in [0, 0.1) is 0 Å². The topological polar surface area (TPSA) is 0 Å². The third kappa shape index (κ3) is 4.50. The Hall–Kier alpha value is -2.28. The summed E-state index contributed by atoms with van der Waals surface area (Å²) in [5.74, 6) is 1.56. The Balaban J connectivity index is 2.17. The average Bonchev–Trinajstić information content (AvgIpc) is 2.80. The van der Waals surface area contributed by atoms with Crippen LogP contribution in [0.1, 0.15) is 74.7 Å². The first-order chi connectivity index (χ1) is 14.1. The molecule has 3 rings (SSSR count). The maximum Gasteiger partial charge on any atom is 0.0228 e. The summed E-state index contributed by atoms with van der Waals surface area (Å²) < 4.78 is 0.